The Morgan fingerprint density at radius 3 is 2.69 bits per heavy atom. The maximum Gasteiger partial charge on any atom is 0.155 e. The molecule has 1 atom stereocenters. The summed E-state index contributed by atoms with van der Waals surface area (Å²) in [6.45, 7) is 3.38. The van der Waals surface area contributed by atoms with Gasteiger partial charge in [-0.3, -0.25) is 0 Å². The predicted molar refractivity (Wildman–Crippen MR) is 115 cm³/mol. The summed E-state index contributed by atoms with van der Waals surface area (Å²) in [5, 5.41) is 20.6. The normalized spacial score (nSPS) is 24.0. The molecule has 2 aromatic rings. The van der Waals surface area contributed by atoms with Crippen molar-refractivity contribution >= 4 is 5.82 Å². The van der Waals surface area contributed by atoms with Gasteiger partial charge in [0.1, 0.15) is 11.4 Å². The number of piperidine rings is 1. The molecule has 2 fully saturated rings. The second-order valence-corrected chi connectivity index (χ2v) is 9.49. The van der Waals surface area contributed by atoms with Crippen LogP contribution in [0, 0.1) is 0 Å². The molecule has 3 heterocycles. The SMILES string of the molecule is CN1CCC[C@@H](N2CCc3c2nnc(-c2ccc4c(c2O)CCC4)c3C2CC2)C1. The number of phenolic OH excluding ortho intramolecular Hbond substituents is 1. The van der Waals surface area contributed by atoms with Gasteiger partial charge in [-0.25, -0.2) is 0 Å². The summed E-state index contributed by atoms with van der Waals surface area (Å²) >= 11 is 0. The molecule has 0 bridgehead atoms. The van der Waals surface area contributed by atoms with E-state index in [4.69, 9.17) is 10.2 Å². The number of hydrogen-bond donors (Lipinski definition) is 1. The zero-order valence-electron chi connectivity index (χ0n) is 17.3. The Balaban J connectivity index is 1.43. The van der Waals surface area contributed by atoms with Gasteiger partial charge in [0.2, 0.25) is 0 Å². The van der Waals surface area contributed by atoms with E-state index in [1.165, 1.54) is 48.9 Å². The van der Waals surface area contributed by atoms with Gasteiger partial charge in [0.05, 0.1) is 0 Å². The Morgan fingerprint density at radius 1 is 0.966 bits per heavy atom. The summed E-state index contributed by atoms with van der Waals surface area (Å²) in [6.07, 6.45) is 9.26. The van der Waals surface area contributed by atoms with E-state index in [9.17, 15) is 5.11 Å². The second-order valence-electron chi connectivity index (χ2n) is 9.49. The van der Waals surface area contributed by atoms with Crippen LogP contribution in [0.15, 0.2) is 12.1 Å². The van der Waals surface area contributed by atoms with Gasteiger partial charge in [-0.1, -0.05) is 6.07 Å². The summed E-state index contributed by atoms with van der Waals surface area (Å²) in [5.41, 5.74) is 7.08. The van der Waals surface area contributed by atoms with E-state index >= 15 is 0 Å². The Morgan fingerprint density at radius 2 is 1.86 bits per heavy atom. The number of aromatic hydroxyl groups is 1. The fourth-order valence-electron chi connectivity index (χ4n) is 5.89. The van der Waals surface area contributed by atoms with Crippen LogP contribution in [0.3, 0.4) is 0 Å². The van der Waals surface area contributed by atoms with Crippen LogP contribution in [0.2, 0.25) is 0 Å². The molecule has 4 aliphatic rings. The first-order valence-corrected chi connectivity index (χ1v) is 11.4. The number of likely N-dealkylation sites (tertiary alicyclic amines) is 1. The van der Waals surface area contributed by atoms with Crippen molar-refractivity contribution in [1.82, 2.24) is 15.1 Å². The maximum absolute atomic E-state index is 11.0. The van der Waals surface area contributed by atoms with Gasteiger partial charge in [-0.2, -0.15) is 0 Å². The van der Waals surface area contributed by atoms with Crippen LogP contribution < -0.4 is 4.90 Å². The summed E-state index contributed by atoms with van der Waals surface area (Å²) in [6, 6.07) is 4.84. The van der Waals surface area contributed by atoms with Gasteiger partial charge in [0.15, 0.2) is 5.82 Å². The van der Waals surface area contributed by atoms with Crippen molar-refractivity contribution in [1.29, 1.82) is 0 Å². The molecular formula is C24H30N4O. The lowest BCUT2D eigenvalue weighted by Gasteiger charge is -2.36. The largest absolute Gasteiger partial charge is 0.507 e. The van der Waals surface area contributed by atoms with Crippen molar-refractivity contribution in [3.8, 4) is 17.0 Å². The van der Waals surface area contributed by atoms with Gasteiger partial charge >= 0.3 is 0 Å². The highest BCUT2D eigenvalue weighted by molar-refractivity contribution is 5.76. The lowest BCUT2D eigenvalue weighted by atomic mass is 9.94. The molecule has 1 aromatic heterocycles. The monoisotopic (exact) mass is 390 g/mol. The molecule has 0 spiro atoms. The minimum atomic E-state index is 0.458. The van der Waals surface area contributed by atoms with Crippen LogP contribution in [0.25, 0.3) is 11.3 Å². The number of fused-ring (bicyclic) bond motifs is 2. The molecule has 5 heteroatoms. The number of likely N-dealkylation sites (N-methyl/N-ethyl adjacent to an activating group) is 1. The number of hydrogen-bond acceptors (Lipinski definition) is 5. The predicted octanol–water partition coefficient (Wildman–Crippen LogP) is 3.67. The van der Waals surface area contributed by atoms with E-state index in [0.29, 0.717) is 17.7 Å². The average molecular weight is 391 g/mol. The third kappa shape index (κ3) is 2.85. The van der Waals surface area contributed by atoms with Gasteiger partial charge in [-0.05, 0) is 93.6 Å². The number of anilines is 1. The van der Waals surface area contributed by atoms with E-state index in [0.717, 1.165) is 61.4 Å². The van der Waals surface area contributed by atoms with E-state index in [1.54, 1.807) is 0 Å². The van der Waals surface area contributed by atoms with Gasteiger partial charge in [0.25, 0.3) is 0 Å². The van der Waals surface area contributed by atoms with Crippen LogP contribution >= 0.6 is 0 Å². The Bertz CT molecular complexity index is 968. The molecule has 2 aliphatic heterocycles. The first kappa shape index (κ1) is 17.7. The van der Waals surface area contributed by atoms with Crippen LogP contribution in [0.1, 0.15) is 60.3 Å². The smallest absolute Gasteiger partial charge is 0.155 e. The molecule has 0 amide bonds. The zero-order valence-corrected chi connectivity index (χ0v) is 17.3. The maximum atomic E-state index is 11.0. The number of benzene rings is 1. The number of rotatable bonds is 3. The average Bonchev–Trinajstić information content (AvgIpc) is 3.28. The number of aryl methyl sites for hydroxylation is 1. The molecule has 1 saturated heterocycles. The topological polar surface area (TPSA) is 52.5 Å². The van der Waals surface area contributed by atoms with Crippen LogP contribution in [0.5, 0.6) is 5.75 Å². The highest BCUT2D eigenvalue weighted by Gasteiger charge is 2.38. The fourth-order valence-corrected chi connectivity index (χ4v) is 5.89. The van der Waals surface area contributed by atoms with Crippen molar-refractivity contribution in [3.63, 3.8) is 0 Å². The molecule has 1 N–H and O–H groups in total. The highest BCUT2D eigenvalue weighted by atomic mass is 16.3. The van der Waals surface area contributed by atoms with Crippen molar-refractivity contribution in [3.05, 3.63) is 34.4 Å². The van der Waals surface area contributed by atoms with Crippen molar-refractivity contribution in [2.45, 2.75) is 63.3 Å². The molecule has 0 unspecified atom stereocenters. The van der Waals surface area contributed by atoms with E-state index < -0.39 is 0 Å². The number of nitrogens with zero attached hydrogens (tertiary/aromatic N) is 4. The lowest BCUT2D eigenvalue weighted by molar-refractivity contribution is 0.245. The quantitative estimate of drug-likeness (QED) is 0.867. The number of phenols is 1. The van der Waals surface area contributed by atoms with Gasteiger partial charge in [0, 0.05) is 30.3 Å². The van der Waals surface area contributed by atoms with Crippen molar-refractivity contribution in [2.24, 2.45) is 0 Å². The van der Waals surface area contributed by atoms with E-state index in [2.05, 4.69) is 29.0 Å². The zero-order chi connectivity index (χ0) is 19.5. The first-order chi connectivity index (χ1) is 14.2. The summed E-state index contributed by atoms with van der Waals surface area (Å²) in [4.78, 5) is 4.97. The lowest BCUT2D eigenvalue weighted by Crippen LogP contribution is -2.46. The van der Waals surface area contributed by atoms with E-state index in [1.807, 2.05) is 0 Å². The van der Waals surface area contributed by atoms with Crippen LogP contribution in [0.4, 0.5) is 5.82 Å². The van der Waals surface area contributed by atoms with Crippen molar-refractivity contribution in [2.75, 3.05) is 31.6 Å². The Kier molecular flexibility index (Phi) is 4.09. The summed E-state index contributed by atoms with van der Waals surface area (Å²) < 4.78 is 0. The van der Waals surface area contributed by atoms with Crippen LogP contribution in [-0.4, -0.2) is 52.9 Å². The van der Waals surface area contributed by atoms with Crippen molar-refractivity contribution < 1.29 is 5.11 Å². The van der Waals surface area contributed by atoms with E-state index in [-0.39, 0.29) is 0 Å². The number of aromatic nitrogens is 2. The van der Waals surface area contributed by atoms with Crippen LogP contribution in [-0.2, 0) is 19.3 Å². The fraction of sp³-hybridized carbons (Fsp3) is 0.583. The summed E-state index contributed by atoms with van der Waals surface area (Å²) in [5.74, 6) is 2.17. The molecule has 0 radical (unpaired) electrons. The molecule has 5 nitrogen and oxygen atoms in total. The molecule has 2 aliphatic carbocycles. The standard InChI is InChI=1S/C24H30N4O/c1-27-12-3-5-17(14-27)28-13-11-19-21(16-7-8-16)22(25-26-24(19)28)20-10-9-15-4-2-6-18(15)23(20)29/h9-10,16-17,29H,2-8,11-14H2,1H3/t17-/m1/s1. The minimum Gasteiger partial charge on any atom is -0.507 e. The second kappa shape index (κ2) is 6.69. The summed E-state index contributed by atoms with van der Waals surface area (Å²) in [7, 11) is 2.23. The molecule has 6 rings (SSSR count). The Labute approximate surface area is 172 Å². The highest BCUT2D eigenvalue weighted by Crippen LogP contribution is 2.50. The molecule has 1 aromatic carbocycles. The third-order valence-electron chi connectivity index (χ3n) is 7.50. The Hall–Kier alpha value is -2.14. The third-order valence-corrected chi connectivity index (χ3v) is 7.50. The van der Waals surface area contributed by atoms with Gasteiger partial charge < -0.3 is 14.9 Å². The van der Waals surface area contributed by atoms with Gasteiger partial charge in [-0.15, -0.1) is 10.2 Å². The molecule has 29 heavy (non-hydrogen) atoms. The molecule has 152 valence electrons. The minimum absolute atomic E-state index is 0.458. The molecule has 1 saturated carbocycles. The molecular weight excluding hydrogens is 360 g/mol. The first-order valence-electron chi connectivity index (χ1n) is 11.4.